The van der Waals surface area contributed by atoms with Crippen LogP contribution in [0.25, 0.3) is 0 Å². The van der Waals surface area contributed by atoms with Crippen LogP contribution in [0.1, 0.15) is 0 Å². The van der Waals surface area contributed by atoms with E-state index in [1.807, 2.05) is 0 Å². The maximum atomic E-state index is 11.3. The summed E-state index contributed by atoms with van der Waals surface area (Å²) >= 11 is 0. The van der Waals surface area contributed by atoms with Crippen molar-refractivity contribution < 1.29 is 13.8 Å². The number of nitrogens with zero attached hydrogens (tertiary/aromatic N) is 4. The van der Waals surface area contributed by atoms with Gasteiger partial charge in [0.2, 0.25) is 0 Å². The van der Waals surface area contributed by atoms with Crippen molar-refractivity contribution in [2.45, 2.75) is 0 Å². The second-order valence-corrected chi connectivity index (χ2v) is 3.49. The molecule has 0 saturated heterocycles. The standard InChI is InChI=1S/C6H10N4O3P/c11-14(12-9-3-1-7-5-9)13-10-4-2-8-6-10/h5-6H,1-4H2/q+1. The van der Waals surface area contributed by atoms with E-state index in [1.54, 1.807) is 0 Å². The zero-order valence-electron chi connectivity index (χ0n) is 7.44. The summed E-state index contributed by atoms with van der Waals surface area (Å²) in [5.41, 5.74) is 0. The van der Waals surface area contributed by atoms with Crippen LogP contribution in [0.4, 0.5) is 0 Å². The third kappa shape index (κ3) is 2.47. The lowest BCUT2D eigenvalue weighted by atomic mass is 10.7. The third-order valence-electron chi connectivity index (χ3n) is 1.66. The Morgan fingerprint density at radius 2 is 1.57 bits per heavy atom. The smallest absolute Gasteiger partial charge is 0.271 e. The second kappa shape index (κ2) is 4.45. The molecule has 0 spiro atoms. The first-order valence-corrected chi connectivity index (χ1v) is 5.31. The minimum atomic E-state index is -2.18. The molecule has 14 heavy (non-hydrogen) atoms. The van der Waals surface area contributed by atoms with Crippen molar-refractivity contribution in [3.05, 3.63) is 0 Å². The summed E-state index contributed by atoms with van der Waals surface area (Å²) in [4.78, 5) is 7.80. The van der Waals surface area contributed by atoms with E-state index in [9.17, 15) is 4.57 Å². The summed E-state index contributed by atoms with van der Waals surface area (Å²) in [5.74, 6) is 0. The fourth-order valence-corrected chi connectivity index (χ4v) is 1.66. The molecule has 0 unspecified atom stereocenters. The van der Waals surface area contributed by atoms with Gasteiger partial charge in [-0.25, -0.2) is 0 Å². The SMILES string of the molecule is O=[P+](ON1C=NCC1)ON1C=NCC1. The van der Waals surface area contributed by atoms with Crippen molar-refractivity contribution in [2.24, 2.45) is 9.98 Å². The van der Waals surface area contributed by atoms with E-state index in [0.29, 0.717) is 26.2 Å². The van der Waals surface area contributed by atoms with Crippen LogP contribution in [0.15, 0.2) is 9.98 Å². The van der Waals surface area contributed by atoms with Gasteiger partial charge in [0.15, 0.2) is 0 Å². The molecule has 0 aliphatic carbocycles. The number of hydrogen-bond acceptors (Lipinski definition) is 7. The molecule has 7 nitrogen and oxygen atoms in total. The summed E-state index contributed by atoms with van der Waals surface area (Å²) in [6.45, 7) is 2.54. The second-order valence-electron chi connectivity index (χ2n) is 2.71. The largest absolute Gasteiger partial charge is 0.746 e. The summed E-state index contributed by atoms with van der Waals surface area (Å²) in [6.07, 6.45) is 2.99. The number of hydroxylamine groups is 4. The Kier molecular flexibility index (Phi) is 3.03. The van der Waals surface area contributed by atoms with Crippen LogP contribution in [0, 0.1) is 0 Å². The van der Waals surface area contributed by atoms with Gasteiger partial charge in [0, 0.05) is 13.8 Å². The van der Waals surface area contributed by atoms with Crippen LogP contribution in [0.2, 0.25) is 0 Å². The first-order chi connectivity index (χ1) is 6.84. The molecule has 2 aliphatic heterocycles. The Labute approximate surface area is 81.9 Å². The van der Waals surface area contributed by atoms with E-state index in [2.05, 4.69) is 9.98 Å². The molecule has 0 fully saturated rings. The predicted molar refractivity (Wildman–Crippen MR) is 49.9 cm³/mol. The minimum Gasteiger partial charge on any atom is -0.271 e. The van der Waals surface area contributed by atoms with Gasteiger partial charge in [0.05, 0.1) is 26.2 Å². The lowest BCUT2D eigenvalue weighted by Gasteiger charge is -2.05. The summed E-state index contributed by atoms with van der Waals surface area (Å²) in [5, 5.41) is 2.79. The molecule has 0 aromatic carbocycles. The molecule has 8 heteroatoms. The van der Waals surface area contributed by atoms with Gasteiger partial charge in [-0.05, 0) is 0 Å². The van der Waals surface area contributed by atoms with E-state index in [-0.39, 0.29) is 0 Å². The normalized spacial score (nSPS) is 19.7. The predicted octanol–water partition coefficient (Wildman–Crippen LogP) is 0.195. The number of rotatable bonds is 4. The molecule has 76 valence electrons. The zero-order chi connectivity index (χ0) is 9.80. The van der Waals surface area contributed by atoms with E-state index in [0.717, 1.165) is 0 Å². The Balaban J connectivity index is 1.72. The summed E-state index contributed by atoms with van der Waals surface area (Å²) in [7, 11) is -2.18. The zero-order valence-corrected chi connectivity index (χ0v) is 8.34. The first-order valence-electron chi connectivity index (χ1n) is 4.21. The fourth-order valence-electron chi connectivity index (χ4n) is 1.04. The van der Waals surface area contributed by atoms with E-state index in [1.165, 1.54) is 22.8 Å². The van der Waals surface area contributed by atoms with Gasteiger partial charge in [0.25, 0.3) is 0 Å². The topological polar surface area (TPSA) is 66.7 Å². The van der Waals surface area contributed by atoms with E-state index < -0.39 is 8.25 Å². The van der Waals surface area contributed by atoms with Gasteiger partial charge < -0.3 is 0 Å². The van der Waals surface area contributed by atoms with Crippen LogP contribution in [-0.2, 0) is 13.8 Å². The maximum absolute atomic E-state index is 11.3. The van der Waals surface area contributed by atoms with Crippen molar-refractivity contribution in [2.75, 3.05) is 26.2 Å². The van der Waals surface area contributed by atoms with Crippen molar-refractivity contribution in [1.29, 1.82) is 0 Å². The third-order valence-corrected chi connectivity index (χ3v) is 2.35. The summed E-state index contributed by atoms with van der Waals surface area (Å²) < 4.78 is 21.1. The quantitative estimate of drug-likeness (QED) is 0.629. The van der Waals surface area contributed by atoms with Crippen molar-refractivity contribution in [1.82, 2.24) is 10.1 Å². The Morgan fingerprint density at radius 1 is 1.07 bits per heavy atom. The van der Waals surface area contributed by atoms with E-state index in [4.69, 9.17) is 9.25 Å². The average molecular weight is 217 g/mol. The van der Waals surface area contributed by atoms with Crippen LogP contribution in [-0.4, -0.2) is 49.0 Å². The van der Waals surface area contributed by atoms with Crippen LogP contribution >= 0.6 is 8.25 Å². The molecule has 2 heterocycles. The van der Waals surface area contributed by atoms with Crippen LogP contribution in [0.5, 0.6) is 0 Å². The molecule has 2 rings (SSSR count). The molecule has 0 N–H and O–H groups in total. The fraction of sp³-hybridized carbons (Fsp3) is 0.667. The molecular formula is C6H10N4O3P+. The van der Waals surface area contributed by atoms with Gasteiger partial charge >= 0.3 is 8.25 Å². The number of aliphatic imine (C=N–C) groups is 2. The van der Waals surface area contributed by atoms with Gasteiger partial charge in [-0.2, -0.15) is 10.1 Å². The highest BCUT2D eigenvalue weighted by Gasteiger charge is 2.30. The highest BCUT2D eigenvalue weighted by atomic mass is 31.1. The number of hydrogen-bond donors (Lipinski definition) is 0. The molecule has 0 atom stereocenters. The maximum Gasteiger partial charge on any atom is 0.746 e. The lowest BCUT2D eigenvalue weighted by Crippen LogP contribution is -2.20. The summed E-state index contributed by atoms with van der Waals surface area (Å²) in [6, 6.07) is 0. The molecule has 2 aliphatic rings. The van der Waals surface area contributed by atoms with Gasteiger partial charge in [0.1, 0.15) is 12.7 Å². The molecular weight excluding hydrogens is 207 g/mol. The highest BCUT2D eigenvalue weighted by Crippen LogP contribution is 2.27. The van der Waals surface area contributed by atoms with Gasteiger partial charge in [-0.1, -0.05) is 0 Å². The molecule has 0 aromatic heterocycles. The Hall–Kier alpha value is -1.04. The first kappa shape index (κ1) is 9.51. The van der Waals surface area contributed by atoms with Crippen molar-refractivity contribution in [3.63, 3.8) is 0 Å². The van der Waals surface area contributed by atoms with Crippen molar-refractivity contribution in [3.8, 4) is 0 Å². The molecule has 0 saturated carbocycles. The monoisotopic (exact) mass is 217 g/mol. The Bertz CT molecular complexity index is 256. The minimum absolute atomic E-state index is 0.610. The lowest BCUT2D eigenvalue weighted by molar-refractivity contribution is -0.0289. The average Bonchev–Trinajstić information content (AvgIpc) is 2.76. The van der Waals surface area contributed by atoms with Crippen LogP contribution in [0.3, 0.4) is 0 Å². The molecule has 0 amide bonds. The van der Waals surface area contributed by atoms with Crippen molar-refractivity contribution >= 4 is 20.9 Å². The molecule has 0 radical (unpaired) electrons. The van der Waals surface area contributed by atoms with Gasteiger partial charge in [-0.15, -0.1) is 0 Å². The van der Waals surface area contributed by atoms with E-state index >= 15 is 0 Å². The Morgan fingerprint density at radius 3 is 1.93 bits per heavy atom. The molecule has 0 bridgehead atoms. The highest BCUT2D eigenvalue weighted by molar-refractivity contribution is 7.33. The van der Waals surface area contributed by atoms with Crippen LogP contribution < -0.4 is 0 Å². The molecule has 0 aromatic rings. The van der Waals surface area contributed by atoms with Gasteiger partial charge in [-0.3, -0.25) is 9.98 Å².